The molecule has 0 fully saturated rings. The van der Waals surface area contributed by atoms with Gasteiger partial charge in [-0.15, -0.1) is 0 Å². The van der Waals surface area contributed by atoms with Crippen LogP contribution in [0, 0.1) is 5.92 Å². The number of phosphoric ester groups is 1. The summed E-state index contributed by atoms with van der Waals surface area (Å²) in [6.07, 6.45) is 21.1. The second-order valence-corrected chi connectivity index (χ2v) is 14.6. The van der Waals surface area contributed by atoms with E-state index < -0.39 is 18.6 Å². The highest BCUT2D eigenvalue weighted by Crippen LogP contribution is 2.38. The maximum absolute atomic E-state index is 12.5. The lowest BCUT2D eigenvalue weighted by atomic mass is 10.0. The van der Waals surface area contributed by atoms with Crippen LogP contribution in [-0.2, 0) is 29.1 Å². The monoisotopic (exact) mass is 569 g/mol. The molecule has 0 heterocycles. The summed E-state index contributed by atoms with van der Waals surface area (Å²) >= 11 is 0. The molecule has 0 saturated heterocycles. The first kappa shape index (κ1) is 37.2. The van der Waals surface area contributed by atoms with E-state index in [1.54, 1.807) is 7.11 Å². The maximum Gasteiger partial charge on any atom is 0.268 e. The number of ether oxygens (including phenoxy) is 1. The zero-order chi connectivity index (χ0) is 27.8. The van der Waals surface area contributed by atoms with Gasteiger partial charge in [0.05, 0.1) is 34.4 Å². The SMILES string of the molecule is CCCCCCCCCCCCCCCCCCS(=O)CC(COC)COP(=O)([O-])OCC[N+](C)(C)C. The Morgan fingerprint density at radius 2 is 1.22 bits per heavy atom. The van der Waals surface area contributed by atoms with Gasteiger partial charge in [0.1, 0.15) is 13.2 Å². The first-order chi connectivity index (χ1) is 17.6. The van der Waals surface area contributed by atoms with Crippen LogP contribution in [0.1, 0.15) is 110 Å². The fraction of sp³-hybridized carbons (Fsp3) is 1.00. The molecule has 37 heavy (non-hydrogen) atoms. The average Bonchev–Trinajstić information content (AvgIpc) is 2.81. The van der Waals surface area contributed by atoms with E-state index in [4.69, 9.17) is 13.8 Å². The van der Waals surface area contributed by atoms with Crippen LogP contribution in [-0.4, -0.2) is 74.8 Å². The molecule has 224 valence electrons. The molecule has 0 spiro atoms. The van der Waals surface area contributed by atoms with Gasteiger partial charge in [-0.1, -0.05) is 103 Å². The van der Waals surface area contributed by atoms with E-state index >= 15 is 0 Å². The van der Waals surface area contributed by atoms with Crippen LogP contribution in [0.3, 0.4) is 0 Å². The van der Waals surface area contributed by atoms with Crippen molar-refractivity contribution in [2.24, 2.45) is 5.92 Å². The summed E-state index contributed by atoms with van der Waals surface area (Å²) in [7, 11) is 2.06. The summed E-state index contributed by atoms with van der Waals surface area (Å²) in [5.41, 5.74) is 0. The zero-order valence-electron chi connectivity index (χ0n) is 24.9. The fourth-order valence-corrected chi connectivity index (χ4v) is 6.38. The molecule has 0 aliphatic rings. The first-order valence-corrected chi connectivity index (χ1v) is 17.8. The molecule has 0 N–H and O–H groups in total. The standard InChI is InChI=1S/C28H60NO6PS/c1-6-7-8-9-10-11-12-13-14-15-16-17-18-19-20-21-24-37(32)27-28(25-33-5)26-35-36(30,31)34-23-22-29(2,3)4/h28H,6-27H2,1-5H3. The summed E-state index contributed by atoms with van der Waals surface area (Å²) in [5.74, 6) is 0.787. The zero-order valence-corrected chi connectivity index (χ0v) is 26.6. The van der Waals surface area contributed by atoms with Gasteiger partial charge in [0.25, 0.3) is 7.82 Å². The smallest absolute Gasteiger partial charge is 0.268 e. The van der Waals surface area contributed by atoms with Gasteiger partial charge in [0.2, 0.25) is 0 Å². The molecule has 0 rings (SSSR count). The molecule has 0 aromatic carbocycles. The molecule has 0 aromatic rings. The Morgan fingerprint density at radius 3 is 1.65 bits per heavy atom. The van der Waals surface area contributed by atoms with Gasteiger partial charge in [-0.25, -0.2) is 0 Å². The number of rotatable bonds is 28. The molecule has 0 aromatic heterocycles. The summed E-state index contributed by atoms with van der Waals surface area (Å²) < 4.78 is 40.3. The number of likely N-dealkylation sites (N-methyl/N-ethyl adjacent to an activating group) is 1. The number of methoxy groups -OCH3 is 1. The Kier molecular flexibility index (Phi) is 24.1. The van der Waals surface area contributed by atoms with Crippen LogP contribution >= 0.6 is 7.82 Å². The Labute approximate surface area is 232 Å². The van der Waals surface area contributed by atoms with E-state index in [2.05, 4.69) is 6.92 Å². The van der Waals surface area contributed by atoms with Crippen LogP contribution in [0.2, 0.25) is 0 Å². The Morgan fingerprint density at radius 1 is 0.757 bits per heavy atom. The van der Waals surface area contributed by atoms with Crippen molar-refractivity contribution in [2.75, 3.05) is 66.1 Å². The van der Waals surface area contributed by atoms with Crippen molar-refractivity contribution in [1.82, 2.24) is 0 Å². The van der Waals surface area contributed by atoms with E-state index in [9.17, 15) is 13.7 Å². The number of nitrogens with zero attached hydrogens (tertiary/aromatic N) is 1. The Bertz CT molecular complexity index is 588. The Hall–Kier alpha value is 0.180. The largest absolute Gasteiger partial charge is 0.756 e. The lowest BCUT2D eigenvalue weighted by Gasteiger charge is -2.28. The van der Waals surface area contributed by atoms with Crippen molar-refractivity contribution in [1.29, 1.82) is 0 Å². The van der Waals surface area contributed by atoms with Crippen molar-refractivity contribution < 1.29 is 31.9 Å². The predicted octanol–water partition coefficient (Wildman–Crippen LogP) is 6.47. The minimum atomic E-state index is -4.37. The van der Waals surface area contributed by atoms with Gasteiger partial charge < -0.3 is 23.2 Å². The summed E-state index contributed by atoms with van der Waals surface area (Å²) in [6, 6.07) is 0. The minimum Gasteiger partial charge on any atom is -0.756 e. The van der Waals surface area contributed by atoms with Crippen molar-refractivity contribution >= 4 is 18.6 Å². The van der Waals surface area contributed by atoms with Crippen molar-refractivity contribution in [3.05, 3.63) is 0 Å². The van der Waals surface area contributed by atoms with Crippen LogP contribution in [0.5, 0.6) is 0 Å². The Balaban J connectivity index is 3.75. The minimum absolute atomic E-state index is 0.0658. The van der Waals surface area contributed by atoms with Crippen molar-refractivity contribution in [3.8, 4) is 0 Å². The van der Waals surface area contributed by atoms with Crippen LogP contribution in [0.25, 0.3) is 0 Å². The topological polar surface area (TPSA) is 84.9 Å². The van der Waals surface area contributed by atoms with Crippen molar-refractivity contribution in [2.45, 2.75) is 110 Å². The fourth-order valence-electron chi connectivity index (χ4n) is 4.20. The van der Waals surface area contributed by atoms with Gasteiger partial charge in [0.15, 0.2) is 0 Å². The summed E-state index contributed by atoms with van der Waals surface area (Å²) in [5, 5.41) is 0. The number of hydrogen-bond acceptors (Lipinski definition) is 6. The van der Waals surface area contributed by atoms with Crippen LogP contribution in [0.4, 0.5) is 0 Å². The molecule has 3 unspecified atom stereocenters. The van der Waals surface area contributed by atoms with Crippen LogP contribution in [0.15, 0.2) is 0 Å². The average molecular weight is 570 g/mol. The molecule has 9 heteroatoms. The predicted molar refractivity (Wildman–Crippen MR) is 155 cm³/mol. The molecule has 0 aliphatic heterocycles. The highest BCUT2D eigenvalue weighted by Gasteiger charge is 2.19. The molecule has 0 radical (unpaired) electrons. The number of unbranched alkanes of at least 4 members (excludes halogenated alkanes) is 15. The third-order valence-electron chi connectivity index (χ3n) is 6.53. The van der Waals surface area contributed by atoms with E-state index in [0.29, 0.717) is 29.1 Å². The molecule has 7 nitrogen and oxygen atoms in total. The third kappa shape index (κ3) is 27.5. The lowest BCUT2D eigenvalue weighted by Crippen LogP contribution is -2.37. The van der Waals surface area contributed by atoms with E-state index in [0.717, 1.165) is 12.8 Å². The maximum atomic E-state index is 12.5. The molecule has 3 atom stereocenters. The molecule has 0 bridgehead atoms. The van der Waals surface area contributed by atoms with Gasteiger partial charge in [-0.05, 0) is 6.42 Å². The third-order valence-corrected chi connectivity index (χ3v) is 9.08. The van der Waals surface area contributed by atoms with E-state index in [1.807, 2.05) is 21.1 Å². The van der Waals surface area contributed by atoms with Gasteiger partial charge in [0, 0.05) is 35.3 Å². The second-order valence-electron chi connectivity index (χ2n) is 11.5. The normalized spacial score (nSPS) is 15.5. The second kappa shape index (κ2) is 24.0. The van der Waals surface area contributed by atoms with Gasteiger partial charge in [-0.2, -0.15) is 0 Å². The number of quaternary nitrogens is 1. The first-order valence-electron chi connectivity index (χ1n) is 14.8. The quantitative estimate of drug-likeness (QED) is 0.0610. The van der Waals surface area contributed by atoms with Gasteiger partial charge in [-0.3, -0.25) is 8.77 Å². The molecule has 0 aliphatic carbocycles. The van der Waals surface area contributed by atoms with Crippen molar-refractivity contribution in [3.63, 3.8) is 0 Å². The van der Waals surface area contributed by atoms with Gasteiger partial charge >= 0.3 is 0 Å². The number of hydrogen-bond donors (Lipinski definition) is 0. The van der Waals surface area contributed by atoms with E-state index in [1.165, 1.54) is 89.9 Å². The lowest BCUT2D eigenvalue weighted by molar-refractivity contribution is -0.870. The highest BCUT2D eigenvalue weighted by atomic mass is 32.2. The molecular formula is C28H60NO6PS. The summed E-state index contributed by atoms with van der Waals surface area (Å²) in [4.78, 5) is 12.0. The van der Waals surface area contributed by atoms with Crippen LogP contribution < -0.4 is 4.89 Å². The molecule has 0 saturated carbocycles. The number of phosphoric acid groups is 1. The summed E-state index contributed by atoms with van der Waals surface area (Å²) in [6.45, 7) is 3.14. The van der Waals surface area contributed by atoms with E-state index in [-0.39, 0.29) is 19.1 Å². The molecular weight excluding hydrogens is 509 g/mol. The highest BCUT2D eigenvalue weighted by molar-refractivity contribution is 7.84. The molecule has 0 amide bonds.